The lowest BCUT2D eigenvalue weighted by Gasteiger charge is -2.13. The summed E-state index contributed by atoms with van der Waals surface area (Å²) in [4.78, 5) is 8.35. The SMILES string of the molecule is COc1cncc(C(N)c2ncccc2Br)c1. The van der Waals surface area contributed by atoms with Crippen LogP contribution in [-0.2, 0) is 0 Å². The van der Waals surface area contributed by atoms with Gasteiger partial charge in [0.1, 0.15) is 5.75 Å². The molecule has 2 aromatic heterocycles. The van der Waals surface area contributed by atoms with Gasteiger partial charge in [-0.25, -0.2) is 0 Å². The van der Waals surface area contributed by atoms with Gasteiger partial charge in [0.15, 0.2) is 0 Å². The molecule has 0 fully saturated rings. The summed E-state index contributed by atoms with van der Waals surface area (Å²) in [5, 5.41) is 0. The molecule has 0 aliphatic carbocycles. The number of aromatic nitrogens is 2. The minimum absolute atomic E-state index is 0.326. The van der Waals surface area contributed by atoms with Gasteiger partial charge in [-0.15, -0.1) is 0 Å². The van der Waals surface area contributed by atoms with Gasteiger partial charge < -0.3 is 10.5 Å². The van der Waals surface area contributed by atoms with Crippen LogP contribution in [0.15, 0.2) is 41.3 Å². The Kier molecular flexibility index (Phi) is 3.71. The van der Waals surface area contributed by atoms with E-state index in [4.69, 9.17) is 10.5 Å². The Morgan fingerprint density at radius 2 is 2.24 bits per heavy atom. The van der Waals surface area contributed by atoms with E-state index in [1.807, 2.05) is 18.2 Å². The molecule has 0 radical (unpaired) electrons. The molecule has 0 amide bonds. The third kappa shape index (κ3) is 2.62. The van der Waals surface area contributed by atoms with E-state index in [2.05, 4.69) is 25.9 Å². The zero-order valence-electron chi connectivity index (χ0n) is 9.30. The van der Waals surface area contributed by atoms with Crippen LogP contribution in [-0.4, -0.2) is 17.1 Å². The van der Waals surface area contributed by atoms with Crippen LogP contribution in [0.5, 0.6) is 5.75 Å². The summed E-state index contributed by atoms with van der Waals surface area (Å²) in [5.74, 6) is 0.685. The monoisotopic (exact) mass is 293 g/mol. The summed E-state index contributed by atoms with van der Waals surface area (Å²) >= 11 is 3.44. The lowest BCUT2D eigenvalue weighted by atomic mass is 10.1. The molecule has 4 nitrogen and oxygen atoms in total. The highest BCUT2D eigenvalue weighted by Crippen LogP contribution is 2.25. The first-order valence-electron chi connectivity index (χ1n) is 5.07. The van der Waals surface area contributed by atoms with Crippen molar-refractivity contribution in [3.63, 3.8) is 0 Å². The molecular formula is C12H12BrN3O. The number of rotatable bonds is 3. The van der Waals surface area contributed by atoms with Gasteiger partial charge in [0, 0.05) is 16.9 Å². The Bertz CT molecular complexity index is 519. The molecule has 0 bridgehead atoms. The number of ether oxygens (including phenoxy) is 1. The second kappa shape index (κ2) is 5.25. The molecule has 88 valence electrons. The number of hydrogen-bond donors (Lipinski definition) is 1. The maximum absolute atomic E-state index is 6.15. The molecule has 0 saturated heterocycles. The van der Waals surface area contributed by atoms with E-state index in [1.54, 1.807) is 25.7 Å². The van der Waals surface area contributed by atoms with Crippen LogP contribution in [0, 0.1) is 0 Å². The van der Waals surface area contributed by atoms with Gasteiger partial charge in [0.05, 0.1) is 25.0 Å². The molecule has 0 saturated carbocycles. The predicted octanol–water partition coefficient (Wildman–Crippen LogP) is 2.30. The summed E-state index contributed by atoms with van der Waals surface area (Å²) < 4.78 is 6.01. The van der Waals surface area contributed by atoms with Gasteiger partial charge in [-0.05, 0) is 39.7 Å². The number of pyridine rings is 2. The minimum atomic E-state index is -0.326. The van der Waals surface area contributed by atoms with Crippen LogP contribution in [0.25, 0.3) is 0 Å². The molecule has 0 aliphatic rings. The fourth-order valence-corrected chi connectivity index (χ4v) is 2.00. The van der Waals surface area contributed by atoms with Crippen molar-refractivity contribution in [1.29, 1.82) is 0 Å². The van der Waals surface area contributed by atoms with E-state index in [1.165, 1.54) is 0 Å². The molecule has 0 aromatic carbocycles. The van der Waals surface area contributed by atoms with Crippen LogP contribution in [0.3, 0.4) is 0 Å². The Hall–Kier alpha value is -1.46. The molecule has 2 heterocycles. The van der Waals surface area contributed by atoms with Crippen LogP contribution in [0.4, 0.5) is 0 Å². The van der Waals surface area contributed by atoms with Crippen molar-refractivity contribution in [1.82, 2.24) is 9.97 Å². The fraction of sp³-hybridized carbons (Fsp3) is 0.167. The van der Waals surface area contributed by atoms with Gasteiger partial charge in [-0.3, -0.25) is 9.97 Å². The van der Waals surface area contributed by atoms with Crippen molar-refractivity contribution in [3.8, 4) is 5.75 Å². The van der Waals surface area contributed by atoms with Crippen molar-refractivity contribution in [2.45, 2.75) is 6.04 Å². The first-order chi connectivity index (χ1) is 8.22. The zero-order chi connectivity index (χ0) is 12.3. The highest BCUT2D eigenvalue weighted by molar-refractivity contribution is 9.10. The smallest absolute Gasteiger partial charge is 0.137 e. The van der Waals surface area contributed by atoms with Crippen molar-refractivity contribution < 1.29 is 4.74 Å². The van der Waals surface area contributed by atoms with Crippen LogP contribution < -0.4 is 10.5 Å². The van der Waals surface area contributed by atoms with Gasteiger partial charge in [0.25, 0.3) is 0 Å². The molecule has 5 heteroatoms. The molecular weight excluding hydrogens is 282 g/mol. The maximum atomic E-state index is 6.15. The molecule has 2 N–H and O–H groups in total. The second-order valence-corrected chi connectivity index (χ2v) is 4.36. The summed E-state index contributed by atoms with van der Waals surface area (Å²) in [6.45, 7) is 0. The van der Waals surface area contributed by atoms with Gasteiger partial charge >= 0.3 is 0 Å². The number of nitrogens with two attached hydrogens (primary N) is 1. The quantitative estimate of drug-likeness (QED) is 0.943. The first kappa shape index (κ1) is 12.0. The average Bonchev–Trinajstić information content (AvgIpc) is 2.38. The summed E-state index contributed by atoms with van der Waals surface area (Å²) in [5.41, 5.74) is 7.80. The largest absolute Gasteiger partial charge is 0.495 e. The van der Waals surface area contributed by atoms with Crippen molar-refractivity contribution >= 4 is 15.9 Å². The molecule has 1 unspecified atom stereocenters. The van der Waals surface area contributed by atoms with Gasteiger partial charge in [-0.2, -0.15) is 0 Å². The Balaban J connectivity index is 2.37. The topological polar surface area (TPSA) is 61.0 Å². The van der Waals surface area contributed by atoms with Crippen molar-refractivity contribution in [2.75, 3.05) is 7.11 Å². The van der Waals surface area contributed by atoms with Gasteiger partial charge in [-0.1, -0.05) is 0 Å². The number of methoxy groups -OCH3 is 1. The van der Waals surface area contributed by atoms with Crippen LogP contribution >= 0.6 is 15.9 Å². The van der Waals surface area contributed by atoms with E-state index in [0.29, 0.717) is 5.75 Å². The van der Waals surface area contributed by atoms with Crippen molar-refractivity contribution in [3.05, 3.63) is 52.5 Å². The molecule has 0 spiro atoms. The summed E-state index contributed by atoms with van der Waals surface area (Å²) in [6.07, 6.45) is 5.07. The lowest BCUT2D eigenvalue weighted by Crippen LogP contribution is -2.14. The Morgan fingerprint density at radius 3 is 2.94 bits per heavy atom. The average molecular weight is 294 g/mol. The van der Waals surface area contributed by atoms with E-state index in [-0.39, 0.29) is 6.04 Å². The predicted molar refractivity (Wildman–Crippen MR) is 68.8 cm³/mol. The maximum Gasteiger partial charge on any atom is 0.137 e. The Labute approximate surface area is 108 Å². The highest BCUT2D eigenvalue weighted by Gasteiger charge is 2.14. The standard InChI is InChI=1S/C12H12BrN3O/c1-17-9-5-8(6-15-7-9)11(14)12-10(13)3-2-4-16-12/h2-7,11H,14H2,1H3. The highest BCUT2D eigenvalue weighted by atomic mass is 79.9. The van der Waals surface area contributed by atoms with Crippen LogP contribution in [0.1, 0.15) is 17.3 Å². The lowest BCUT2D eigenvalue weighted by molar-refractivity contribution is 0.412. The third-order valence-corrected chi connectivity index (χ3v) is 3.08. The molecule has 17 heavy (non-hydrogen) atoms. The van der Waals surface area contributed by atoms with Crippen LogP contribution in [0.2, 0.25) is 0 Å². The summed E-state index contributed by atoms with van der Waals surface area (Å²) in [7, 11) is 1.60. The zero-order valence-corrected chi connectivity index (χ0v) is 10.9. The fourth-order valence-electron chi connectivity index (χ4n) is 1.50. The van der Waals surface area contributed by atoms with E-state index in [0.717, 1.165) is 15.7 Å². The third-order valence-electron chi connectivity index (χ3n) is 2.41. The normalized spacial score (nSPS) is 12.2. The minimum Gasteiger partial charge on any atom is -0.495 e. The Morgan fingerprint density at radius 1 is 1.41 bits per heavy atom. The first-order valence-corrected chi connectivity index (χ1v) is 5.86. The van der Waals surface area contributed by atoms with E-state index >= 15 is 0 Å². The van der Waals surface area contributed by atoms with E-state index in [9.17, 15) is 0 Å². The summed E-state index contributed by atoms with van der Waals surface area (Å²) in [6, 6.07) is 5.30. The van der Waals surface area contributed by atoms with E-state index < -0.39 is 0 Å². The molecule has 1 atom stereocenters. The second-order valence-electron chi connectivity index (χ2n) is 3.51. The van der Waals surface area contributed by atoms with Crippen molar-refractivity contribution in [2.24, 2.45) is 5.73 Å². The molecule has 2 rings (SSSR count). The number of nitrogens with zero attached hydrogens (tertiary/aromatic N) is 2. The number of hydrogen-bond acceptors (Lipinski definition) is 4. The number of halogens is 1. The molecule has 2 aromatic rings. The molecule has 0 aliphatic heterocycles. The van der Waals surface area contributed by atoms with Gasteiger partial charge in [0.2, 0.25) is 0 Å².